The number of benzene rings is 9. The van der Waals surface area contributed by atoms with E-state index in [9.17, 15) is 42.5 Å². The molecule has 9 rings (SSSR count). The Morgan fingerprint density at radius 1 is 0.337 bits per heavy atom. The van der Waals surface area contributed by atoms with Crippen LogP contribution in [-0.4, -0.2) is 65.7 Å². The summed E-state index contributed by atoms with van der Waals surface area (Å²) in [5.41, 5.74) is 4.37. The number of carboxylic acids is 1. The number of rotatable bonds is 23. The maximum Gasteiger partial charge on any atom is 0.347 e. The summed E-state index contributed by atoms with van der Waals surface area (Å²) in [6, 6.07) is 57.2. The third-order valence-electron chi connectivity index (χ3n) is 15.5. The first kappa shape index (κ1) is 76.2. The molecule has 0 aromatic heterocycles. The molecule has 0 saturated heterocycles. The fourth-order valence-corrected chi connectivity index (χ4v) is 19.3. The average molecular weight is 1340 g/mol. The van der Waals surface area contributed by atoms with Crippen LogP contribution in [0.1, 0.15) is 110 Å². The van der Waals surface area contributed by atoms with Crippen molar-refractivity contribution in [2.24, 2.45) is 0 Å². The molecule has 0 heterocycles. The smallest absolute Gasteiger partial charge is 0.347 e. The minimum absolute atomic E-state index is 0. The summed E-state index contributed by atoms with van der Waals surface area (Å²) < 4.78 is 72.2. The van der Waals surface area contributed by atoms with Gasteiger partial charge in [0.15, 0.2) is 19.8 Å². The molecule has 15 nitrogen and oxygen atoms in total. The van der Waals surface area contributed by atoms with Crippen LogP contribution in [0.2, 0.25) is 0 Å². The van der Waals surface area contributed by atoms with Crippen molar-refractivity contribution in [3.8, 4) is 17.2 Å². The molecule has 0 amide bonds. The van der Waals surface area contributed by atoms with E-state index in [4.69, 9.17) is 28.8 Å². The molecule has 18 heteroatoms. The first-order chi connectivity index (χ1) is 43.8. The third kappa shape index (κ3) is 16.4. The second-order valence-electron chi connectivity index (χ2n) is 22.1. The monoisotopic (exact) mass is 1340 g/mol. The van der Waals surface area contributed by atoms with Crippen molar-refractivity contribution >= 4 is 87.7 Å². The maximum atomic E-state index is 14.9. The van der Waals surface area contributed by atoms with Gasteiger partial charge in [-0.25, -0.2) is 14.4 Å². The molecule has 1 N–H and O–H groups in total. The van der Waals surface area contributed by atoms with Gasteiger partial charge in [-0.05, 0) is 95.7 Å². The number of aryl methyl sites for hydroxylation is 6. The molecule has 0 unspecified atom stereocenters. The Morgan fingerprint density at radius 2 is 0.537 bits per heavy atom. The van der Waals surface area contributed by atoms with Gasteiger partial charge >= 0.3 is 17.9 Å². The maximum absolute atomic E-state index is 14.9. The minimum Gasteiger partial charge on any atom is -0.481 e. The molecule has 0 bridgehead atoms. The van der Waals surface area contributed by atoms with Crippen LogP contribution in [-0.2, 0) is 37.6 Å². The van der Waals surface area contributed by atoms with Crippen LogP contribution in [0, 0.1) is 62.3 Å². The summed E-state index contributed by atoms with van der Waals surface area (Å²) in [7, 11) is -11.4. The van der Waals surface area contributed by atoms with E-state index in [2.05, 4.69) is 0 Å². The number of hydrogen-bond acceptors (Lipinski definition) is 14. The highest BCUT2D eigenvalue weighted by Crippen LogP contribution is 2.52. The van der Waals surface area contributed by atoms with E-state index in [0.717, 1.165) is 5.56 Å². The molecule has 0 radical (unpaired) electrons. The van der Waals surface area contributed by atoms with Crippen LogP contribution in [0.3, 0.4) is 0 Å². The lowest BCUT2D eigenvalue weighted by atomic mass is 9.99. The minimum atomic E-state index is -3.84. The average Bonchev–Trinajstić information content (AvgIpc) is 0.766. The van der Waals surface area contributed by atoms with E-state index < -0.39 is 82.0 Å². The lowest BCUT2D eigenvalue weighted by Gasteiger charge is -2.23. The topological polar surface area (TPSA) is 220 Å². The fourth-order valence-electron chi connectivity index (χ4n) is 11.5. The van der Waals surface area contributed by atoms with Gasteiger partial charge in [0.25, 0.3) is 0 Å². The SMILES string of the molecule is C.C.C.Cc1cc(C)c(C(=O)P(=O)(c2ccccc2)c2ccccc2)c(C)c1OCC(=O)O.Cc1cc(C)c(C(=O)P(=O)(c2ccccc2)c2ccccc2)c(C)c1OCC(=O)OC(C)OC(=O)COc1c(C)cc(C)c(C(=O)P(=O)(c2ccccc2)c2ccccc2)c1C. The predicted molar refractivity (Wildman–Crippen MR) is 380 cm³/mol. The summed E-state index contributed by atoms with van der Waals surface area (Å²) in [5, 5.41) is 11.5. The van der Waals surface area contributed by atoms with Crippen molar-refractivity contribution in [3.63, 3.8) is 0 Å². The number of aliphatic carboxylic acids is 1. The molecule has 0 aliphatic carbocycles. The number of carboxylic acid groups (broad SMARTS) is 1. The number of hydrogen-bond donors (Lipinski definition) is 1. The largest absolute Gasteiger partial charge is 0.481 e. The van der Waals surface area contributed by atoms with E-state index in [1.165, 1.54) is 6.92 Å². The summed E-state index contributed by atoms with van der Waals surface area (Å²) in [6.45, 7) is 15.4. The lowest BCUT2D eigenvalue weighted by molar-refractivity contribution is -0.187. The Morgan fingerprint density at radius 3 is 0.737 bits per heavy atom. The highest BCUT2D eigenvalue weighted by molar-refractivity contribution is 7.94. The van der Waals surface area contributed by atoms with Crippen LogP contribution in [0.15, 0.2) is 200 Å². The molecule has 496 valence electrons. The van der Waals surface area contributed by atoms with E-state index in [1.807, 2.05) is 12.1 Å². The van der Waals surface area contributed by atoms with E-state index in [1.54, 1.807) is 250 Å². The Kier molecular flexibility index (Phi) is 26.5. The quantitative estimate of drug-likeness (QED) is 0.0357. The zero-order chi connectivity index (χ0) is 66.7. The van der Waals surface area contributed by atoms with Gasteiger partial charge in [-0.1, -0.05) is 222 Å². The molecule has 0 fully saturated rings. The van der Waals surface area contributed by atoms with Gasteiger partial charge < -0.3 is 42.5 Å². The van der Waals surface area contributed by atoms with Crippen LogP contribution < -0.4 is 46.0 Å². The summed E-state index contributed by atoms with van der Waals surface area (Å²) >= 11 is 0. The molecular formula is C77H83O15P3. The molecular weight excluding hydrogens is 1260 g/mol. The van der Waals surface area contributed by atoms with Crippen LogP contribution in [0.4, 0.5) is 0 Å². The summed E-state index contributed by atoms with van der Waals surface area (Å²) in [5.74, 6) is -1.97. The number of carbonyl (C=O) groups is 6. The molecule has 0 atom stereocenters. The standard InChI is InChI=1S/C50H48O10P2.C24H23O5P.3CH4/c1-32-28-34(3)47(36(5)45(32)49(53)61(55,39-20-12-8-13-21-39)40-22-14-9-15-23-40)57-30-43(51)59-38(7)60-44(52)31-58-48-35(4)29-33(2)46(37(48)6)50(54)62(56,41-24-16-10-17-25-41)42-26-18-11-19-27-42;1-16-14-17(2)23(29-15-21(25)26)18(3)22(16)24(27)30(28,19-10-6-4-7-11-19)20-12-8-5-9-13-20;;;/h8-29,38H,30-31H2,1-7H3;4-14H,15H2,1-3H3,(H,25,26);3*1H4. The van der Waals surface area contributed by atoms with Gasteiger partial charge in [-0.2, -0.15) is 0 Å². The highest BCUT2D eigenvalue weighted by atomic mass is 31.2. The molecule has 0 spiro atoms. The van der Waals surface area contributed by atoms with Crippen LogP contribution in [0.5, 0.6) is 17.2 Å². The first-order valence-electron chi connectivity index (χ1n) is 29.5. The van der Waals surface area contributed by atoms with Crippen molar-refractivity contribution in [3.05, 3.63) is 267 Å². The normalized spacial score (nSPS) is 11.0. The van der Waals surface area contributed by atoms with E-state index >= 15 is 0 Å². The number of esters is 2. The van der Waals surface area contributed by atoms with Crippen LogP contribution >= 0.6 is 21.4 Å². The lowest BCUT2D eigenvalue weighted by Crippen LogP contribution is -2.28. The van der Waals surface area contributed by atoms with Crippen molar-refractivity contribution in [1.82, 2.24) is 0 Å². The first-order valence-corrected chi connectivity index (χ1v) is 34.6. The van der Waals surface area contributed by atoms with Gasteiger partial charge in [0.1, 0.15) is 17.2 Å². The molecule has 9 aromatic rings. The Hall–Kier alpha value is -9.51. The molecule has 0 aliphatic rings. The third-order valence-corrected chi connectivity index (χ3v) is 24.1. The highest BCUT2D eigenvalue weighted by Gasteiger charge is 2.42. The van der Waals surface area contributed by atoms with Gasteiger partial charge in [0, 0.05) is 72.1 Å². The Labute approximate surface area is 558 Å². The molecule has 9 aromatic carbocycles. The van der Waals surface area contributed by atoms with Crippen molar-refractivity contribution in [2.45, 2.75) is 97.8 Å². The Bertz CT molecular complexity index is 4070. The van der Waals surface area contributed by atoms with E-state index in [-0.39, 0.29) is 44.9 Å². The van der Waals surface area contributed by atoms with Crippen molar-refractivity contribution < 1.29 is 71.3 Å². The fraction of sp³-hybridized carbons (Fsp3) is 0.221. The molecule has 0 saturated carbocycles. The molecule has 95 heavy (non-hydrogen) atoms. The molecule has 0 aliphatic heterocycles. The van der Waals surface area contributed by atoms with E-state index in [0.29, 0.717) is 87.6 Å². The number of ether oxygens (including phenoxy) is 5. The van der Waals surface area contributed by atoms with Crippen LogP contribution in [0.25, 0.3) is 0 Å². The number of carbonyl (C=O) groups excluding carboxylic acids is 5. The van der Waals surface area contributed by atoms with Gasteiger partial charge in [0.05, 0.1) is 0 Å². The summed E-state index contributed by atoms with van der Waals surface area (Å²) in [6.07, 6.45) is -1.33. The zero-order valence-corrected chi connectivity index (χ0v) is 55.4. The van der Waals surface area contributed by atoms with Gasteiger partial charge in [-0.15, -0.1) is 0 Å². The van der Waals surface area contributed by atoms with Gasteiger partial charge in [0.2, 0.25) is 44.3 Å². The predicted octanol–water partition coefficient (Wildman–Crippen LogP) is 14.9. The Balaban J connectivity index is 0.000000416. The van der Waals surface area contributed by atoms with Crippen molar-refractivity contribution in [1.29, 1.82) is 0 Å². The second kappa shape index (κ2) is 33.1. The summed E-state index contributed by atoms with van der Waals surface area (Å²) in [4.78, 5) is 79.8. The second-order valence-corrected chi connectivity index (χ2v) is 30.1. The zero-order valence-electron chi connectivity index (χ0n) is 52.8. The van der Waals surface area contributed by atoms with Crippen molar-refractivity contribution in [2.75, 3.05) is 19.8 Å². The van der Waals surface area contributed by atoms with Gasteiger partial charge in [-0.3, -0.25) is 14.4 Å².